The van der Waals surface area contributed by atoms with E-state index in [1.165, 1.54) is 0 Å². The fourth-order valence-electron chi connectivity index (χ4n) is 1.95. The third-order valence-corrected chi connectivity index (χ3v) is 2.89. The molecule has 0 amide bonds. The second-order valence-corrected chi connectivity index (χ2v) is 4.34. The third-order valence-electron chi connectivity index (χ3n) is 2.89. The molecule has 0 bridgehead atoms. The highest BCUT2D eigenvalue weighted by molar-refractivity contribution is 5.86. The first-order valence-electron chi connectivity index (χ1n) is 6.30. The molecule has 0 aliphatic rings. The molecule has 0 fully saturated rings. The summed E-state index contributed by atoms with van der Waals surface area (Å²) in [6.45, 7) is 6.13. The van der Waals surface area contributed by atoms with Gasteiger partial charge < -0.3 is 9.52 Å². The van der Waals surface area contributed by atoms with Crippen LogP contribution in [0.2, 0.25) is 0 Å². The van der Waals surface area contributed by atoms with E-state index in [2.05, 4.69) is 10.1 Å². The van der Waals surface area contributed by atoms with Crippen molar-refractivity contribution in [3.63, 3.8) is 0 Å². The number of nitrogens with zero attached hydrogens (tertiary/aromatic N) is 3. The van der Waals surface area contributed by atoms with Crippen LogP contribution in [0.4, 0.5) is 0 Å². The molecule has 19 heavy (non-hydrogen) atoms. The summed E-state index contributed by atoms with van der Waals surface area (Å²) in [6.07, 6.45) is 1.55. The predicted octanol–water partition coefficient (Wildman–Crippen LogP) is 2.05. The molecule has 6 nitrogen and oxygen atoms in total. The lowest BCUT2D eigenvalue weighted by Gasteiger charge is -2.01. The molecular weight excluding hydrogens is 246 g/mol. The summed E-state index contributed by atoms with van der Waals surface area (Å²) in [6, 6.07) is 1.73. The minimum Gasteiger partial charge on any atom is -0.475 e. The number of aryl methyl sites for hydroxylation is 3. The maximum Gasteiger partial charge on any atom is 0.372 e. The lowest BCUT2D eigenvalue weighted by atomic mass is 10.2. The molecule has 0 unspecified atom stereocenters. The van der Waals surface area contributed by atoms with Gasteiger partial charge in [0.1, 0.15) is 18.1 Å². The van der Waals surface area contributed by atoms with Crippen molar-refractivity contribution in [2.24, 2.45) is 0 Å². The highest BCUT2D eigenvalue weighted by Crippen LogP contribution is 2.16. The summed E-state index contributed by atoms with van der Waals surface area (Å²) in [5.41, 5.74) is 0.622. The SMILES string of the molecule is CCc1nc(CC)n(Cc2cc(C)c(C(=O)O)o2)n1. The summed E-state index contributed by atoms with van der Waals surface area (Å²) < 4.78 is 7.10. The average Bonchev–Trinajstić information content (AvgIpc) is 2.93. The van der Waals surface area contributed by atoms with Crippen LogP contribution in [0.1, 0.15) is 47.4 Å². The Hall–Kier alpha value is -2.11. The van der Waals surface area contributed by atoms with Gasteiger partial charge in [0.05, 0.1) is 0 Å². The zero-order valence-corrected chi connectivity index (χ0v) is 11.3. The van der Waals surface area contributed by atoms with Gasteiger partial charge in [-0.05, 0) is 13.0 Å². The molecule has 0 spiro atoms. The van der Waals surface area contributed by atoms with Crippen molar-refractivity contribution in [2.75, 3.05) is 0 Å². The molecule has 0 saturated heterocycles. The minimum atomic E-state index is -1.05. The highest BCUT2D eigenvalue weighted by Gasteiger charge is 2.16. The molecule has 0 aliphatic carbocycles. The summed E-state index contributed by atoms with van der Waals surface area (Å²) in [5.74, 6) is 1.19. The highest BCUT2D eigenvalue weighted by atomic mass is 16.4. The number of rotatable bonds is 5. The van der Waals surface area contributed by atoms with E-state index in [9.17, 15) is 4.79 Å². The lowest BCUT2D eigenvalue weighted by Crippen LogP contribution is -2.05. The number of aromatic nitrogens is 3. The molecule has 1 N–H and O–H groups in total. The Morgan fingerprint density at radius 2 is 2.16 bits per heavy atom. The monoisotopic (exact) mass is 263 g/mol. The summed E-state index contributed by atoms with van der Waals surface area (Å²) in [7, 11) is 0. The van der Waals surface area contributed by atoms with E-state index in [1.807, 2.05) is 13.8 Å². The van der Waals surface area contributed by atoms with Crippen LogP contribution in [0.5, 0.6) is 0 Å². The van der Waals surface area contributed by atoms with Crippen LogP contribution in [-0.2, 0) is 19.4 Å². The third kappa shape index (κ3) is 2.67. The molecule has 0 atom stereocenters. The number of carboxylic acid groups (broad SMARTS) is 1. The molecule has 2 rings (SSSR count). The Labute approximate surface area is 111 Å². The maximum absolute atomic E-state index is 10.9. The summed E-state index contributed by atoms with van der Waals surface area (Å²) in [4.78, 5) is 15.3. The molecule has 6 heteroatoms. The summed E-state index contributed by atoms with van der Waals surface area (Å²) >= 11 is 0. The molecule has 2 aromatic rings. The van der Waals surface area contributed by atoms with Crippen molar-refractivity contribution >= 4 is 5.97 Å². The van der Waals surface area contributed by atoms with E-state index < -0.39 is 5.97 Å². The first kappa shape index (κ1) is 13.3. The second-order valence-electron chi connectivity index (χ2n) is 4.34. The Morgan fingerprint density at radius 1 is 1.42 bits per heavy atom. The standard InChI is InChI=1S/C13H17N3O3/c1-4-10-14-11(5-2)16(15-10)7-9-6-8(3)12(19-9)13(17)18/h6H,4-5,7H2,1-3H3,(H,17,18). The maximum atomic E-state index is 10.9. The number of carboxylic acids is 1. The molecule has 0 radical (unpaired) electrons. The van der Waals surface area contributed by atoms with Crippen molar-refractivity contribution in [3.8, 4) is 0 Å². The van der Waals surface area contributed by atoms with E-state index in [-0.39, 0.29) is 5.76 Å². The van der Waals surface area contributed by atoms with E-state index in [0.717, 1.165) is 24.5 Å². The zero-order chi connectivity index (χ0) is 14.0. The van der Waals surface area contributed by atoms with Gasteiger partial charge in [-0.2, -0.15) is 5.10 Å². The van der Waals surface area contributed by atoms with E-state index >= 15 is 0 Å². The number of hydrogen-bond donors (Lipinski definition) is 1. The van der Waals surface area contributed by atoms with E-state index in [4.69, 9.17) is 9.52 Å². The number of furan rings is 1. The van der Waals surface area contributed by atoms with Crippen LogP contribution in [-0.4, -0.2) is 25.8 Å². The van der Waals surface area contributed by atoms with Crippen molar-refractivity contribution in [1.29, 1.82) is 0 Å². The van der Waals surface area contributed by atoms with Crippen molar-refractivity contribution < 1.29 is 14.3 Å². The van der Waals surface area contributed by atoms with E-state index in [1.54, 1.807) is 17.7 Å². The molecular formula is C13H17N3O3. The molecule has 102 valence electrons. The van der Waals surface area contributed by atoms with Crippen molar-refractivity contribution in [1.82, 2.24) is 14.8 Å². The van der Waals surface area contributed by atoms with Crippen molar-refractivity contribution in [3.05, 3.63) is 34.8 Å². The molecule has 0 saturated carbocycles. The lowest BCUT2D eigenvalue weighted by molar-refractivity contribution is 0.0659. The smallest absolute Gasteiger partial charge is 0.372 e. The Kier molecular flexibility index (Phi) is 3.69. The molecule has 2 aromatic heterocycles. The van der Waals surface area contributed by atoms with Crippen LogP contribution in [0.15, 0.2) is 10.5 Å². The van der Waals surface area contributed by atoms with Gasteiger partial charge in [-0.3, -0.25) is 0 Å². The van der Waals surface area contributed by atoms with Crippen molar-refractivity contribution in [2.45, 2.75) is 40.2 Å². The van der Waals surface area contributed by atoms with Gasteiger partial charge in [0, 0.05) is 18.4 Å². The predicted molar refractivity (Wildman–Crippen MR) is 68.3 cm³/mol. The van der Waals surface area contributed by atoms with Gasteiger partial charge in [0.2, 0.25) is 5.76 Å². The molecule has 0 aliphatic heterocycles. The minimum absolute atomic E-state index is 0.0103. The second kappa shape index (κ2) is 5.26. The Balaban J connectivity index is 2.28. The summed E-state index contributed by atoms with van der Waals surface area (Å²) in [5, 5.41) is 13.3. The largest absolute Gasteiger partial charge is 0.475 e. The van der Waals surface area contributed by atoms with Gasteiger partial charge in [-0.1, -0.05) is 13.8 Å². The number of hydrogen-bond acceptors (Lipinski definition) is 4. The topological polar surface area (TPSA) is 81.2 Å². The fourth-order valence-corrected chi connectivity index (χ4v) is 1.95. The normalized spacial score (nSPS) is 10.9. The first-order valence-corrected chi connectivity index (χ1v) is 6.30. The zero-order valence-electron chi connectivity index (χ0n) is 11.3. The van der Waals surface area contributed by atoms with Gasteiger partial charge in [-0.25, -0.2) is 14.5 Å². The van der Waals surface area contributed by atoms with Crippen LogP contribution >= 0.6 is 0 Å². The van der Waals surface area contributed by atoms with Gasteiger partial charge in [0.25, 0.3) is 0 Å². The number of aromatic carboxylic acids is 1. The van der Waals surface area contributed by atoms with Gasteiger partial charge in [0.15, 0.2) is 5.82 Å². The quantitative estimate of drug-likeness (QED) is 0.892. The Morgan fingerprint density at radius 3 is 2.68 bits per heavy atom. The van der Waals surface area contributed by atoms with E-state index in [0.29, 0.717) is 17.9 Å². The first-order chi connectivity index (χ1) is 9.05. The van der Waals surface area contributed by atoms with Gasteiger partial charge in [-0.15, -0.1) is 0 Å². The van der Waals surface area contributed by atoms with Crippen LogP contribution in [0.3, 0.4) is 0 Å². The van der Waals surface area contributed by atoms with Crippen LogP contribution in [0.25, 0.3) is 0 Å². The molecule has 2 heterocycles. The van der Waals surface area contributed by atoms with Crippen LogP contribution < -0.4 is 0 Å². The fraction of sp³-hybridized carbons (Fsp3) is 0.462. The average molecular weight is 263 g/mol. The Bertz CT molecular complexity index is 598. The number of carbonyl (C=O) groups is 1. The van der Waals surface area contributed by atoms with Gasteiger partial charge >= 0.3 is 5.97 Å². The van der Waals surface area contributed by atoms with Crippen LogP contribution in [0, 0.1) is 6.92 Å². The molecule has 0 aromatic carbocycles.